The van der Waals surface area contributed by atoms with Gasteiger partial charge in [0.15, 0.2) is 17.7 Å². The predicted octanol–water partition coefficient (Wildman–Crippen LogP) is 8.45. The maximum Gasteiger partial charge on any atom is 0.461 e. The molecule has 0 spiro atoms. The normalized spacial score (nSPS) is 16.7. The van der Waals surface area contributed by atoms with Crippen LogP contribution in [0.25, 0.3) is 0 Å². The van der Waals surface area contributed by atoms with Gasteiger partial charge in [0.1, 0.15) is 11.6 Å². The fourth-order valence-electron chi connectivity index (χ4n) is 4.15. The quantitative estimate of drug-likeness (QED) is 0.181. The van der Waals surface area contributed by atoms with Crippen molar-refractivity contribution in [2.75, 3.05) is 0 Å². The summed E-state index contributed by atoms with van der Waals surface area (Å²) in [7, 11) is 0. The highest BCUT2D eigenvalue weighted by Crippen LogP contribution is 2.59. The number of epoxide rings is 1. The van der Waals surface area contributed by atoms with E-state index in [1.807, 2.05) is 18.2 Å². The molecule has 1 saturated heterocycles. The molecule has 5 nitrogen and oxygen atoms in total. The average molecular weight is 692 g/mol. The maximum atomic E-state index is 14.3. The Kier molecular flexibility index (Phi) is 11.0. The lowest BCUT2D eigenvalue weighted by atomic mass is 9.96. The van der Waals surface area contributed by atoms with Crippen molar-refractivity contribution in [2.24, 2.45) is 0 Å². The molecule has 1 fully saturated rings. The van der Waals surface area contributed by atoms with E-state index in [4.69, 9.17) is 4.74 Å². The van der Waals surface area contributed by atoms with Gasteiger partial charge in [-0.25, -0.2) is 8.78 Å². The number of hydrogen-bond acceptors (Lipinski definition) is 4. The number of aryl methyl sites for hydroxylation is 1. The fourth-order valence-corrected chi connectivity index (χ4v) is 4.15. The summed E-state index contributed by atoms with van der Waals surface area (Å²) in [6.45, 7) is 5.01. The number of rotatable bonds is 9. The summed E-state index contributed by atoms with van der Waals surface area (Å²) >= 11 is 0. The maximum absolute atomic E-state index is 14.3. The highest BCUT2D eigenvalue weighted by atomic mass is 19.4. The summed E-state index contributed by atoms with van der Waals surface area (Å²) in [5.74, 6) is -6.24. The van der Waals surface area contributed by atoms with Crippen LogP contribution in [0.4, 0.5) is 52.7 Å². The SMILES string of the molecule is CC(C)Oc1cc([C@@H](NC(=O)[C@H]2OC2(C(F)(F)F)C(F)(F)F)c2cc(F)cc(OC(F)(F)C(F)F)c2)ccc1F.Cc1ccccc1. The molecular formula is C30H25F12NO4. The van der Waals surface area contributed by atoms with E-state index in [2.05, 4.69) is 28.5 Å². The van der Waals surface area contributed by atoms with Crippen LogP contribution in [0.5, 0.6) is 11.5 Å². The Morgan fingerprint density at radius 3 is 1.91 bits per heavy atom. The number of benzene rings is 3. The van der Waals surface area contributed by atoms with E-state index in [0.717, 1.165) is 18.2 Å². The highest BCUT2D eigenvalue weighted by Gasteiger charge is 2.88. The molecule has 4 rings (SSSR count). The second-order valence-corrected chi connectivity index (χ2v) is 10.4. The summed E-state index contributed by atoms with van der Waals surface area (Å²) in [5, 5.41) is 1.75. The van der Waals surface area contributed by atoms with Crippen molar-refractivity contribution >= 4 is 5.91 Å². The topological polar surface area (TPSA) is 60.1 Å². The summed E-state index contributed by atoms with van der Waals surface area (Å²) in [4.78, 5) is 12.6. The van der Waals surface area contributed by atoms with Gasteiger partial charge in [0.2, 0.25) is 0 Å². The summed E-state index contributed by atoms with van der Waals surface area (Å²) < 4.78 is 173. The number of carbonyl (C=O) groups excluding carboxylic acids is 1. The van der Waals surface area contributed by atoms with Gasteiger partial charge in [0, 0.05) is 6.07 Å². The molecule has 1 aliphatic rings. The lowest BCUT2D eigenvalue weighted by Gasteiger charge is -2.24. The van der Waals surface area contributed by atoms with Gasteiger partial charge in [0.25, 0.3) is 11.5 Å². The molecule has 1 N–H and O–H groups in total. The van der Waals surface area contributed by atoms with Crippen molar-refractivity contribution < 1.29 is 71.7 Å². The third kappa shape index (κ3) is 8.81. The molecule has 0 unspecified atom stereocenters. The van der Waals surface area contributed by atoms with E-state index in [-0.39, 0.29) is 11.6 Å². The summed E-state index contributed by atoms with van der Waals surface area (Å²) in [6.07, 6.45) is -25.6. The first kappa shape index (κ1) is 37.3. The monoisotopic (exact) mass is 691 g/mol. The number of hydrogen-bond donors (Lipinski definition) is 1. The summed E-state index contributed by atoms with van der Waals surface area (Å²) in [6, 6.07) is 11.9. The van der Waals surface area contributed by atoms with E-state index in [0.29, 0.717) is 12.1 Å². The third-order valence-electron chi connectivity index (χ3n) is 6.31. The zero-order valence-electron chi connectivity index (χ0n) is 24.3. The van der Waals surface area contributed by atoms with Crippen LogP contribution in [0.15, 0.2) is 66.7 Å². The molecule has 1 heterocycles. The van der Waals surface area contributed by atoms with Gasteiger partial charge in [0.05, 0.1) is 12.1 Å². The molecule has 2 atom stereocenters. The second-order valence-electron chi connectivity index (χ2n) is 10.4. The van der Waals surface area contributed by atoms with E-state index in [1.165, 1.54) is 19.4 Å². The molecule has 0 saturated carbocycles. The number of alkyl halides is 10. The van der Waals surface area contributed by atoms with Crippen LogP contribution >= 0.6 is 0 Å². The molecule has 3 aromatic rings. The van der Waals surface area contributed by atoms with Crippen LogP contribution in [-0.2, 0) is 9.53 Å². The Morgan fingerprint density at radius 2 is 1.45 bits per heavy atom. The number of carbonyl (C=O) groups is 1. The van der Waals surface area contributed by atoms with E-state index < -0.39 is 83.3 Å². The molecular weight excluding hydrogens is 666 g/mol. The van der Waals surface area contributed by atoms with Crippen LogP contribution in [0.2, 0.25) is 0 Å². The Balaban J connectivity index is 0.000000756. The first-order valence-corrected chi connectivity index (χ1v) is 13.3. The van der Waals surface area contributed by atoms with Crippen molar-refractivity contribution in [1.82, 2.24) is 5.32 Å². The molecule has 17 heteroatoms. The van der Waals surface area contributed by atoms with Crippen molar-refractivity contribution in [3.8, 4) is 11.5 Å². The van der Waals surface area contributed by atoms with Crippen molar-refractivity contribution in [3.63, 3.8) is 0 Å². The second kappa shape index (κ2) is 13.9. The lowest BCUT2D eigenvalue weighted by Crippen LogP contribution is -2.51. The average Bonchev–Trinajstić information content (AvgIpc) is 3.72. The molecule has 0 aromatic heterocycles. The van der Waals surface area contributed by atoms with Crippen LogP contribution in [0.1, 0.15) is 36.6 Å². The van der Waals surface area contributed by atoms with E-state index in [9.17, 15) is 57.5 Å². The molecule has 47 heavy (non-hydrogen) atoms. The standard InChI is InChI=1S/C23H17F12NO4.C7H8/c1-9(2)38-15-7-10(3-4-14(15)25)16(11-5-12(24)8-13(6-11)39-21(28,29)19(26)27)36-18(37)17-20(40-17,22(30,31)32)23(33,34)35;1-7-5-3-2-4-6-7/h3-9,16-17,19H,1-2H3,(H,36,37);2-6H,1H3/t16-,17-;/m1./s1. The number of amides is 1. The smallest absolute Gasteiger partial charge is 0.461 e. The molecule has 0 bridgehead atoms. The van der Waals surface area contributed by atoms with Gasteiger partial charge in [-0.1, -0.05) is 42.0 Å². The Hall–Kier alpha value is -4.15. The van der Waals surface area contributed by atoms with Gasteiger partial charge in [-0.3, -0.25) is 4.79 Å². The Morgan fingerprint density at radius 1 is 0.851 bits per heavy atom. The zero-order chi connectivity index (χ0) is 35.5. The largest absolute Gasteiger partial charge is 0.488 e. The third-order valence-corrected chi connectivity index (χ3v) is 6.31. The lowest BCUT2D eigenvalue weighted by molar-refractivity contribution is -0.292. The van der Waals surface area contributed by atoms with Crippen molar-refractivity contribution in [2.45, 2.75) is 69.5 Å². The predicted molar refractivity (Wildman–Crippen MR) is 141 cm³/mol. The molecule has 1 aliphatic heterocycles. The molecule has 3 aromatic carbocycles. The van der Waals surface area contributed by atoms with Crippen LogP contribution in [0, 0.1) is 18.6 Å². The van der Waals surface area contributed by atoms with Crippen LogP contribution < -0.4 is 14.8 Å². The highest BCUT2D eigenvalue weighted by molar-refractivity contribution is 5.86. The minimum absolute atomic E-state index is 0.221. The first-order valence-electron chi connectivity index (χ1n) is 13.3. The number of nitrogens with one attached hydrogen (secondary N) is 1. The minimum atomic E-state index is -6.10. The van der Waals surface area contributed by atoms with Crippen LogP contribution in [0.3, 0.4) is 0 Å². The van der Waals surface area contributed by atoms with Crippen molar-refractivity contribution in [1.29, 1.82) is 0 Å². The fraction of sp³-hybridized carbons (Fsp3) is 0.367. The van der Waals surface area contributed by atoms with Gasteiger partial charge >= 0.3 is 24.9 Å². The Labute approximate surface area is 259 Å². The van der Waals surface area contributed by atoms with Crippen molar-refractivity contribution in [3.05, 3.63) is 95.1 Å². The van der Waals surface area contributed by atoms with Crippen LogP contribution in [-0.4, -0.2) is 48.6 Å². The summed E-state index contributed by atoms with van der Waals surface area (Å²) in [5.41, 5.74) is -4.59. The molecule has 1 amide bonds. The van der Waals surface area contributed by atoms with Gasteiger partial charge < -0.3 is 19.5 Å². The van der Waals surface area contributed by atoms with E-state index >= 15 is 0 Å². The van der Waals surface area contributed by atoms with Gasteiger partial charge in [-0.05, 0) is 56.2 Å². The Bertz CT molecular complexity index is 1510. The van der Waals surface area contributed by atoms with E-state index in [1.54, 1.807) is 5.32 Å². The van der Waals surface area contributed by atoms with Gasteiger partial charge in [-0.15, -0.1) is 0 Å². The molecule has 0 aliphatic carbocycles. The zero-order valence-corrected chi connectivity index (χ0v) is 24.3. The number of ether oxygens (including phenoxy) is 3. The number of halogens is 12. The minimum Gasteiger partial charge on any atom is -0.488 e. The van der Waals surface area contributed by atoms with Gasteiger partial charge in [-0.2, -0.15) is 43.9 Å². The first-order chi connectivity index (χ1) is 21.6. The molecule has 258 valence electrons. The molecule has 0 radical (unpaired) electrons.